The molecule has 0 spiro atoms. The van der Waals surface area contributed by atoms with Gasteiger partial charge in [-0.15, -0.1) is 0 Å². The van der Waals surface area contributed by atoms with E-state index in [1.54, 1.807) is 55.5 Å². The molecule has 4 aromatic carbocycles. The second-order valence-electron chi connectivity index (χ2n) is 11.3. The molecule has 2 amide bonds. The molecule has 0 aliphatic carbocycles. The summed E-state index contributed by atoms with van der Waals surface area (Å²) in [5.74, 6) is -0.900. The second kappa shape index (κ2) is 15.0. The largest absolute Gasteiger partial charge is 0.352 e. The van der Waals surface area contributed by atoms with Crippen LogP contribution in [0.4, 0.5) is 5.69 Å². The highest BCUT2D eigenvalue weighted by Gasteiger charge is 2.35. The predicted octanol–water partition coefficient (Wildman–Crippen LogP) is 6.97. The van der Waals surface area contributed by atoms with Crippen LogP contribution in [-0.4, -0.2) is 43.8 Å². The third-order valence-corrected chi connectivity index (χ3v) is 9.56. The monoisotopic (exact) mass is 665 g/mol. The van der Waals surface area contributed by atoms with Crippen molar-refractivity contribution >= 4 is 50.7 Å². The number of sulfonamides is 1. The van der Waals surface area contributed by atoms with Crippen LogP contribution in [0.2, 0.25) is 10.0 Å². The molecule has 7 nitrogen and oxygen atoms in total. The molecule has 0 saturated heterocycles. The van der Waals surface area contributed by atoms with Crippen LogP contribution >= 0.6 is 23.2 Å². The van der Waals surface area contributed by atoms with Crippen LogP contribution in [-0.2, 0) is 32.6 Å². The summed E-state index contributed by atoms with van der Waals surface area (Å²) in [5, 5.41) is 3.81. The Balaban J connectivity index is 1.83. The van der Waals surface area contributed by atoms with Crippen LogP contribution in [0.1, 0.15) is 36.1 Å². The van der Waals surface area contributed by atoms with Crippen molar-refractivity contribution in [1.82, 2.24) is 10.2 Å². The quantitative estimate of drug-likeness (QED) is 0.177. The van der Waals surface area contributed by atoms with Gasteiger partial charge in [-0.1, -0.05) is 89.4 Å². The lowest BCUT2D eigenvalue weighted by molar-refractivity contribution is -0.140. The third-order valence-electron chi connectivity index (χ3n) is 7.30. The number of aryl methyl sites for hydroxylation is 2. The molecule has 45 heavy (non-hydrogen) atoms. The fourth-order valence-corrected chi connectivity index (χ4v) is 6.69. The fourth-order valence-electron chi connectivity index (χ4n) is 4.92. The van der Waals surface area contributed by atoms with Crippen molar-refractivity contribution in [1.29, 1.82) is 0 Å². The van der Waals surface area contributed by atoms with E-state index in [4.69, 9.17) is 23.2 Å². The minimum atomic E-state index is -4.23. The van der Waals surface area contributed by atoms with Gasteiger partial charge >= 0.3 is 0 Å². The van der Waals surface area contributed by atoms with Gasteiger partial charge in [0.2, 0.25) is 11.8 Å². The molecule has 1 atom stereocenters. The van der Waals surface area contributed by atoms with Crippen LogP contribution in [0.25, 0.3) is 0 Å². The maximum Gasteiger partial charge on any atom is 0.264 e. The standard InChI is InChI=1S/C35H37Cl2N3O4S/c1-24(2)38-35(42)33(20-27-8-6-5-7-9-27)39(22-28-13-16-29(36)17-14-28)34(41)23-40(32-21-30(37)15-12-26(32)4)45(43,44)31-18-10-25(3)11-19-31/h5-19,21,24,33H,20,22-23H2,1-4H3,(H,38,42)/t33-/m0/s1. The molecule has 0 saturated carbocycles. The Morgan fingerprint density at radius 2 is 1.42 bits per heavy atom. The van der Waals surface area contributed by atoms with Crippen molar-refractivity contribution in [2.75, 3.05) is 10.8 Å². The molecule has 0 heterocycles. The number of benzene rings is 4. The summed E-state index contributed by atoms with van der Waals surface area (Å²) in [5.41, 5.74) is 3.37. The van der Waals surface area contributed by atoms with Crippen LogP contribution in [0, 0.1) is 13.8 Å². The molecule has 236 valence electrons. The number of hydrogen-bond acceptors (Lipinski definition) is 4. The van der Waals surface area contributed by atoms with Crippen molar-refractivity contribution in [2.24, 2.45) is 0 Å². The van der Waals surface area contributed by atoms with Gasteiger partial charge in [0.1, 0.15) is 12.6 Å². The van der Waals surface area contributed by atoms with Crippen molar-refractivity contribution in [3.05, 3.63) is 129 Å². The second-order valence-corrected chi connectivity index (χ2v) is 14.0. The van der Waals surface area contributed by atoms with Gasteiger partial charge in [0.15, 0.2) is 0 Å². The molecule has 0 aliphatic heterocycles. The number of rotatable bonds is 12. The van der Waals surface area contributed by atoms with E-state index in [-0.39, 0.29) is 35.5 Å². The topological polar surface area (TPSA) is 86.8 Å². The fraction of sp³-hybridized carbons (Fsp3) is 0.257. The van der Waals surface area contributed by atoms with Crippen molar-refractivity contribution < 1.29 is 18.0 Å². The molecule has 10 heteroatoms. The smallest absolute Gasteiger partial charge is 0.264 e. The molecule has 0 fully saturated rings. The Hall–Kier alpha value is -3.85. The normalized spacial score (nSPS) is 12.1. The number of halogens is 2. The minimum absolute atomic E-state index is 0.0305. The van der Waals surface area contributed by atoms with Gasteiger partial charge < -0.3 is 10.2 Å². The summed E-state index contributed by atoms with van der Waals surface area (Å²) in [6.07, 6.45) is 0.222. The number of hydrogen-bond donors (Lipinski definition) is 1. The molecule has 4 rings (SSSR count). The molecule has 4 aromatic rings. The van der Waals surface area contributed by atoms with E-state index < -0.39 is 28.5 Å². The molecule has 0 aliphatic rings. The van der Waals surface area contributed by atoms with E-state index in [0.717, 1.165) is 21.0 Å². The maximum atomic E-state index is 14.5. The van der Waals surface area contributed by atoms with E-state index in [9.17, 15) is 18.0 Å². The van der Waals surface area contributed by atoms with E-state index in [2.05, 4.69) is 5.32 Å². The van der Waals surface area contributed by atoms with Crippen LogP contribution in [0.3, 0.4) is 0 Å². The van der Waals surface area contributed by atoms with Crippen LogP contribution in [0.15, 0.2) is 102 Å². The Morgan fingerprint density at radius 3 is 2.04 bits per heavy atom. The van der Waals surface area contributed by atoms with E-state index in [1.807, 2.05) is 51.1 Å². The molecule has 0 aromatic heterocycles. The van der Waals surface area contributed by atoms with Gasteiger partial charge in [0, 0.05) is 29.1 Å². The van der Waals surface area contributed by atoms with E-state index in [0.29, 0.717) is 15.6 Å². The highest BCUT2D eigenvalue weighted by atomic mass is 35.5. The van der Waals surface area contributed by atoms with Crippen LogP contribution in [0.5, 0.6) is 0 Å². The molecular formula is C35H37Cl2N3O4S. The number of nitrogens with zero attached hydrogens (tertiary/aromatic N) is 2. The number of anilines is 1. The van der Waals surface area contributed by atoms with Crippen LogP contribution < -0.4 is 9.62 Å². The first-order chi connectivity index (χ1) is 21.3. The number of nitrogens with one attached hydrogen (secondary N) is 1. The SMILES string of the molecule is Cc1ccc(S(=O)(=O)N(CC(=O)N(Cc2ccc(Cl)cc2)[C@@H](Cc2ccccc2)C(=O)NC(C)C)c2cc(Cl)ccc2C)cc1. The third kappa shape index (κ3) is 8.87. The lowest BCUT2D eigenvalue weighted by atomic mass is 10.0. The molecule has 0 unspecified atom stereocenters. The minimum Gasteiger partial charge on any atom is -0.352 e. The Kier molecular flexibility index (Phi) is 11.3. The number of carbonyl (C=O) groups is 2. The number of amides is 2. The van der Waals surface area contributed by atoms with Gasteiger partial charge in [-0.25, -0.2) is 8.42 Å². The van der Waals surface area contributed by atoms with E-state index in [1.165, 1.54) is 23.1 Å². The maximum absolute atomic E-state index is 14.5. The van der Waals surface area contributed by atoms with Crippen molar-refractivity contribution in [3.63, 3.8) is 0 Å². The average Bonchev–Trinajstić information content (AvgIpc) is 3.00. The Labute approximate surface area is 275 Å². The van der Waals surface area contributed by atoms with Gasteiger partial charge in [-0.05, 0) is 80.8 Å². The van der Waals surface area contributed by atoms with Crippen molar-refractivity contribution in [2.45, 2.75) is 57.6 Å². The molecule has 0 radical (unpaired) electrons. The highest BCUT2D eigenvalue weighted by Crippen LogP contribution is 2.30. The summed E-state index contributed by atoms with van der Waals surface area (Å²) >= 11 is 12.5. The molecule has 0 bridgehead atoms. The number of carbonyl (C=O) groups excluding carboxylic acids is 2. The Bertz CT molecular complexity index is 1730. The highest BCUT2D eigenvalue weighted by molar-refractivity contribution is 7.92. The first-order valence-electron chi connectivity index (χ1n) is 14.6. The van der Waals surface area contributed by atoms with Gasteiger partial charge in [0.25, 0.3) is 10.0 Å². The first kappa shape index (κ1) is 34.0. The lowest BCUT2D eigenvalue weighted by Crippen LogP contribution is -2.54. The lowest BCUT2D eigenvalue weighted by Gasteiger charge is -2.34. The summed E-state index contributed by atoms with van der Waals surface area (Å²) in [6, 6.07) is 26.6. The summed E-state index contributed by atoms with van der Waals surface area (Å²) in [7, 11) is -4.23. The zero-order valence-electron chi connectivity index (χ0n) is 25.7. The van der Waals surface area contributed by atoms with E-state index >= 15 is 0 Å². The molecular weight excluding hydrogens is 629 g/mol. The van der Waals surface area contributed by atoms with Gasteiger partial charge in [-0.2, -0.15) is 0 Å². The zero-order chi connectivity index (χ0) is 32.7. The summed E-state index contributed by atoms with van der Waals surface area (Å²) in [6.45, 7) is 6.80. The summed E-state index contributed by atoms with van der Waals surface area (Å²) in [4.78, 5) is 29.8. The zero-order valence-corrected chi connectivity index (χ0v) is 28.0. The first-order valence-corrected chi connectivity index (χ1v) is 16.8. The molecule has 1 N–H and O–H groups in total. The summed E-state index contributed by atoms with van der Waals surface area (Å²) < 4.78 is 29.5. The van der Waals surface area contributed by atoms with Gasteiger partial charge in [-0.3, -0.25) is 13.9 Å². The van der Waals surface area contributed by atoms with Gasteiger partial charge in [0.05, 0.1) is 10.6 Å². The van der Waals surface area contributed by atoms with Crippen molar-refractivity contribution in [3.8, 4) is 0 Å². The predicted molar refractivity (Wildman–Crippen MR) is 181 cm³/mol. The Morgan fingerprint density at radius 1 is 0.800 bits per heavy atom. The average molecular weight is 667 g/mol.